The summed E-state index contributed by atoms with van der Waals surface area (Å²) in [7, 11) is 0. The molecule has 15 heavy (non-hydrogen) atoms. The molecule has 0 atom stereocenters. The van der Waals surface area contributed by atoms with Crippen LogP contribution in [0.25, 0.3) is 10.8 Å². The first-order chi connectivity index (χ1) is 7.24. The van der Waals surface area contributed by atoms with E-state index in [0.717, 1.165) is 11.1 Å². The quantitative estimate of drug-likeness (QED) is 0.513. The summed E-state index contributed by atoms with van der Waals surface area (Å²) < 4.78 is 0. The van der Waals surface area contributed by atoms with Crippen molar-refractivity contribution in [3.8, 4) is 0 Å². The molecule has 0 aliphatic carbocycles. The highest BCUT2D eigenvalue weighted by atomic mass is 16.4. The fourth-order valence-corrected chi connectivity index (χ4v) is 1.62. The summed E-state index contributed by atoms with van der Waals surface area (Å²) in [5.74, 6) is 4.41. The van der Waals surface area contributed by atoms with Crippen LogP contribution in [0, 0.1) is 0 Å². The molecule has 4 heteroatoms. The van der Waals surface area contributed by atoms with Gasteiger partial charge in [-0.05, 0) is 17.5 Å². The van der Waals surface area contributed by atoms with Crippen molar-refractivity contribution in [3.63, 3.8) is 0 Å². The van der Waals surface area contributed by atoms with Gasteiger partial charge in [0, 0.05) is 5.39 Å². The van der Waals surface area contributed by atoms with Gasteiger partial charge in [-0.1, -0.05) is 24.3 Å². The number of carbonyl (C=O) groups is 1. The van der Waals surface area contributed by atoms with Crippen molar-refractivity contribution in [2.75, 3.05) is 5.43 Å². The fraction of sp³-hybridized carbons (Fsp3) is 0. The van der Waals surface area contributed by atoms with Gasteiger partial charge < -0.3 is 10.5 Å². The number of fused-ring (bicyclic) bond motifs is 1. The minimum Gasteiger partial charge on any atom is -0.478 e. The zero-order chi connectivity index (χ0) is 10.8. The van der Waals surface area contributed by atoms with E-state index in [1.54, 1.807) is 30.3 Å². The number of rotatable bonds is 2. The maximum absolute atomic E-state index is 11.0. The van der Waals surface area contributed by atoms with Crippen LogP contribution < -0.4 is 11.3 Å². The summed E-state index contributed by atoms with van der Waals surface area (Å²) in [5.41, 5.74) is 3.54. The van der Waals surface area contributed by atoms with E-state index in [1.165, 1.54) is 0 Å². The summed E-state index contributed by atoms with van der Waals surface area (Å²) in [6.45, 7) is 0. The minimum atomic E-state index is -0.935. The molecule has 0 spiro atoms. The van der Waals surface area contributed by atoms with Crippen molar-refractivity contribution in [2.24, 2.45) is 5.84 Å². The maximum Gasteiger partial charge on any atom is 0.336 e. The lowest BCUT2D eigenvalue weighted by Gasteiger charge is -2.07. The minimum absolute atomic E-state index is 0.282. The van der Waals surface area contributed by atoms with Crippen molar-refractivity contribution in [1.82, 2.24) is 0 Å². The Morgan fingerprint density at radius 3 is 2.47 bits per heavy atom. The van der Waals surface area contributed by atoms with Gasteiger partial charge in [0.05, 0.1) is 11.3 Å². The normalized spacial score (nSPS) is 10.2. The Morgan fingerprint density at radius 1 is 1.13 bits per heavy atom. The first-order valence-electron chi connectivity index (χ1n) is 4.45. The number of carboxylic acid groups (broad SMARTS) is 1. The van der Waals surface area contributed by atoms with Crippen LogP contribution in [0.2, 0.25) is 0 Å². The number of hydrogen-bond donors (Lipinski definition) is 3. The monoisotopic (exact) mass is 202 g/mol. The number of carboxylic acids is 1. The van der Waals surface area contributed by atoms with Crippen molar-refractivity contribution in [2.45, 2.75) is 0 Å². The van der Waals surface area contributed by atoms with E-state index < -0.39 is 5.97 Å². The van der Waals surface area contributed by atoms with E-state index in [-0.39, 0.29) is 5.56 Å². The molecule has 0 bridgehead atoms. The predicted molar refractivity (Wildman–Crippen MR) is 58.7 cm³/mol. The molecule has 0 heterocycles. The van der Waals surface area contributed by atoms with Gasteiger partial charge in [0.15, 0.2) is 0 Å². The Labute approximate surface area is 86.3 Å². The number of benzene rings is 2. The SMILES string of the molecule is NNc1cccc2c(C(=O)O)cccc12. The zero-order valence-corrected chi connectivity index (χ0v) is 7.90. The lowest BCUT2D eigenvalue weighted by molar-refractivity contribution is 0.0699. The molecule has 2 aromatic carbocycles. The first kappa shape index (κ1) is 9.48. The molecule has 0 fully saturated rings. The second-order valence-electron chi connectivity index (χ2n) is 3.16. The van der Waals surface area contributed by atoms with Gasteiger partial charge >= 0.3 is 5.97 Å². The highest BCUT2D eigenvalue weighted by Crippen LogP contribution is 2.25. The van der Waals surface area contributed by atoms with E-state index in [0.29, 0.717) is 5.39 Å². The van der Waals surface area contributed by atoms with Gasteiger partial charge in [0.25, 0.3) is 0 Å². The Hall–Kier alpha value is -2.07. The third kappa shape index (κ3) is 1.51. The molecular weight excluding hydrogens is 192 g/mol. The fourth-order valence-electron chi connectivity index (χ4n) is 1.62. The van der Waals surface area contributed by atoms with Crippen molar-refractivity contribution in [1.29, 1.82) is 0 Å². The van der Waals surface area contributed by atoms with Gasteiger partial charge in [-0.25, -0.2) is 4.79 Å². The van der Waals surface area contributed by atoms with E-state index in [2.05, 4.69) is 5.43 Å². The van der Waals surface area contributed by atoms with Crippen molar-refractivity contribution in [3.05, 3.63) is 42.0 Å². The maximum atomic E-state index is 11.0. The number of hydrazine groups is 1. The van der Waals surface area contributed by atoms with E-state index >= 15 is 0 Å². The van der Waals surface area contributed by atoms with Gasteiger partial charge in [0.1, 0.15) is 0 Å². The number of aromatic carboxylic acids is 1. The van der Waals surface area contributed by atoms with E-state index in [1.807, 2.05) is 6.07 Å². The standard InChI is InChI=1S/C11H10N2O2/c12-13-10-6-2-3-7-8(10)4-1-5-9(7)11(14)15/h1-6,13H,12H2,(H,14,15). The molecule has 0 saturated carbocycles. The lowest BCUT2D eigenvalue weighted by atomic mass is 10.0. The molecule has 0 unspecified atom stereocenters. The number of nitrogen functional groups attached to an aromatic ring is 1. The number of anilines is 1. The molecule has 0 aromatic heterocycles. The highest BCUT2D eigenvalue weighted by molar-refractivity contribution is 6.07. The number of nitrogens with two attached hydrogens (primary N) is 1. The molecule has 2 rings (SSSR count). The average Bonchev–Trinajstić information content (AvgIpc) is 2.27. The molecule has 0 radical (unpaired) electrons. The van der Waals surface area contributed by atoms with Crippen LogP contribution in [-0.2, 0) is 0 Å². The smallest absolute Gasteiger partial charge is 0.336 e. The zero-order valence-electron chi connectivity index (χ0n) is 7.90. The van der Waals surface area contributed by atoms with Gasteiger partial charge in [-0.15, -0.1) is 0 Å². The first-order valence-corrected chi connectivity index (χ1v) is 4.45. The van der Waals surface area contributed by atoms with E-state index in [9.17, 15) is 4.79 Å². The third-order valence-electron chi connectivity index (χ3n) is 2.31. The highest BCUT2D eigenvalue weighted by Gasteiger charge is 2.08. The summed E-state index contributed by atoms with van der Waals surface area (Å²) in [4.78, 5) is 11.0. The largest absolute Gasteiger partial charge is 0.478 e. The van der Waals surface area contributed by atoms with E-state index in [4.69, 9.17) is 10.9 Å². The number of hydrogen-bond acceptors (Lipinski definition) is 3. The summed E-state index contributed by atoms with van der Waals surface area (Å²) in [5, 5.41) is 10.5. The van der Waals surface area contributed by atoms with Crippen LogP contribution in [0.15, 0.2) is 36.4 Å². The van der Waals surface area contributed by atoms with Crippen LogP contribution in [0.3, 0.4) is 0 Å². The summed E-state index contributed by atoms with van der Waals surface area (Å²) in [6.07, 6.45) is 0. The molecule has 76 valence electrons. The summed E-state index contributed by atoms with van der Waals surface area (Å²) in [6, 6.07) is 10.4. The van der Waals surface area contributed by atoms with Crippen molar-refractivity contribution >= 4 is 22.4 Å². The van der Waals surface area contributed by atoms with Crippen molar-refractivity contribution < 1.29 is 9.90 Å². The summed E-state index contributed by atoms with van der Waals surface area (Å²) >= 11 is 0. The molecular formula is C11H10N2O2. The molecule has 0 aliphatic rings. The van der Waals surface area contributed by atoms with Gasteiger partial charge in [-0.3, -0.25) is 5.84 Å². The van der Waals surface area contributed by atoms with Crippen LogP contribution in [0.1, 0.15) is 10.4 Å². The second kappa shape index (κ2) is 3.59. The molecule has 0 saturated heterocycles. The molecule has 2 aromatic rings. The van der Waals surface area contributed by atoms with Crippen LogP contribution in [-0.4, -0.2) is 11.1 Å². The third-order valence-corrected chi connectivity index (χ3v) is 2.31. The van der Waals surface area contributed by atoms with Gasteiger partial charge in [-0.2, -0.15) is 0 Å². The lowest BCUT2D eigenvalue weighted by Crippen LogP contribution is -2.07. The topological polar surface area (TPSA) is 75.3 Å². The second-order valence-corrected chi connectivity index (χ2v) is 3.16. The Morgan fingerprint density at radius 2 is 1.80 bits per heavy atom. The molecule has 4 N–H and O–H groups in total. The average molecular weight is 202 g/mol. The van der Waals surface area contributed by atoms with Crippen LogP contribution in [0.5, 0.6) is 0 Å². The Balaban J connectivity index is 2.82. The molecule has 0 amide bonds. The van der Waals surface area contributed by atoms with Crippen LogP contribution >= 0.6 is 0 Å². The Bertz CT molecular complexity index is 523. The molecule has 0 aliphatic heterocycles. The number of nitrogens with one attached hydrogen (secondary N) is 1. The Kier molecular flexibility index (Phi) is 2.27. The van der Waals surface area contributed by atoms with Crippen LogP contribution in [0.4, 0.5) is 5.69 Å². The predicted octanol–water partition coefficient (Wildman–Crippen LogP) is 1.82. The van der Waals surface area contributed by atoms with Gasteiger partial charge in [0.2, 0.25) is 0 Å². The molecule has 4 nitrogen and oxygen atoms in total.